The SMILES string of the molecule is NC1CCC(Nc2ccc3nc[nH]c3c2)CC1. The van der Waals surface area contributed by atoms with Crippen LogP contribution in [0.5, 0.6) is 0 Å². The second-order valence-electron chi connectivity index (χ2n) is 4.89. The Labute approximate surface area is 101 Å². The average Bonchev–Trinajstić information content (AvgIpc) is 2.79. The van der Waals surface area contributed by atoms with Gasteiger partial charge in [0.25, 0.3) is 0 Å². The molecule has 1 heterocycles. The third kappa shape index (κ3) is 2.26. The Morgan fingerprint density at radius 3 is 2.88 bits per heavy atom. The van der Waals surface area contributed by atoms with Gasteiger partial charge in [0.2, 0.25) is 0 Å². The Bertz CT molecular complexity index is 497. The predicted molar refractivity (Wildman–Crippen MR) is 69.9 cm³/mol. The Morgan fingerprint density at radius 1 is 1.24 bits per heavy atom. The fourth-order valence-corrected chi connectivity index (χ4v) is 2.52. The van der Waals surface area contributed by atoms with Crippen LogP contribution >= 0.6 is 0 Å². The lowest BCUT2D eigenvalue weighted by atomic mass is 9.91. The van der Waals surface area contributed by atoms with Crippen LogP contribution in [-0.2, 0) is 0 Å². The molecule has 0 saturated heterocycles. The zero-order valence-corrected chi connectivity index (χ0v) is 9.82. The Morgan fingerprint density at radius 2 is 2.06 bits per heavy atom. The summed E-state index contributed by atoms with van der Waals surface area (Å²) in [6, 6.07) is 7.23. The zero-order valence-electron chi connectivity index (χ0n) is 9.82. The summed E-state index contributed by atoms with van der Waals surface area (Å²) in [7, 11) is 0. The van der Waals surface area contributed by atoms with Gasteiger partial charge >= 0.3 is 0 Å². The van der Waals surface area contributed by atoms with E-state index in [1.807, 2.05) is 6.07 Å². The molecule has 0 bridgehead atoms. The number of benzene rings is 1. The van der Waals surface area contributed by atoms with Gasteiger partial charge < -0.3 is 16.0 Å². The number of rotatable bonds is 2. The van der Waals surface area contributed by atoms with Crippen molar-refractivity contribution in [2.75, 3.05) is 5.32 Å². The molecule has 4 N–H and O–H groups in total. The van der Waals surface area contributed by atoms with E-state index in [2.05, 4.69) is 27.4 Å². The van der Waals surface area contributed by atoms with E-state index in [0.717, 1.165) is 23.9 Å². The first-order chi connectivity index (χ1) is 8.31. The molecule has 1 aliphatic rings. The van der Waals surface area contributed by atoms with Crippen molar-refractivity contribution in [1.82, 2.24) is 9.97 Å². The van der Waals surface area contributed by atoms with Crippen molar-refractivity contribution in [3.63, 3.8) is 0 Å². The van der Waals surface area contributed by atoms with Gasteiger partial charge in [0.1, 0.15) is 0 Å². The number of fused-ring (bicyclic) bond motifs is 1. The topological polar surface area (TPSA) is 66.7 Å². The van der Waals surface area contributed by atoms with Gasteiger partial charge in [0.05, 0.1) is 17.4 Å². The van der Waals surface area contributed by atoms with Crippen molar-refractivity contribution in [3.8, 4) is 0 Å². The summed E-state index contributed by atoms with van der Waals surface area (Å²) in [5.74, 6) is 0. The molecule has 4 nitrogen and oxygen atoms in total. The number of aromatic amines is 1. The molecule has 90 valence electrons. The molecule has 0 amide bonds. The molecule has 2 aromatic rings. The molecule has 1 aliphatic carbocycles. The highest BCUT2D eigenvalue weighted by Gasteiger charge is 2.18. The number of anilines is 1. The Hall–Kier alpha value is -1.55. The molecule has 1 saturated carbocycles. The average molecular weight is 230 g/mol. The third-order valence-corrected chi connectivity index (χ3v) is 3.56. The number of hydrogen-bond donors (Lipinski definition) is 3. The Balaban J connectivity index is 1.71. The summed E-state index contributed by atoms with van der Waals surface area (Å²) in [5.41, 5.74) is 9.18. The van der Waals surface area contributed by atoms with Crippen molar-refractivity contribution in [2.24, 2.45) is 5.73 Å². The van der Waals surface area contributed by atoms with Gasteiger partial charge in [-0.1, -0.05) is 0 Å². The molecule has 1 aromatic heterocycles. The van der Waals surface area contributed by atoms with Crippen molar-refractivity contribution in [2.45, 2.75) is 37.8 Å². The van der Waals surface area contributed by atoms with E-state index in [9.17, 15) is 0 Å². The van der Waals surface area contributed by atoms with Crippen LogP contribution < -0.4 is 11.1 Å². The second kappa shape index (κ2) is 4.37. The van der Waals surface area contributed by atoms with Crippen molar-refractivity contribution >= 4 is 16.7 Å². The largest absolute Gasteiger partial charge is 0.382 e. The molecular formula is C13H18N4. The molecule has 1 aromatic carbocycles. The summed E-state index contributed by atoms with van der Waals surface area (Å²) in [6.45, 7) is 0. The second-order valence-corrected chi connectivity index (χ2v) is 4.89. The maximum atomic E-state index is 5.91. The normalized spacial score (nSPS) is 25.0. The minimum absolute atomic E-state index is 0.406. The number of aromatic nitrogens is 2. The van der Waals surface area contributed by atoms with Gasteiger partial charge in [-0.2, -0.15) is 0 Å². The third-order valence-electron chi connectivity index (χ3n) is 3.56. The number of H-pyrrole nitrogens is 1. The van der Waals surface area contributed by atoms with Gasteiger partial charge in [0.15, 0.2) is 0 Å². The van der Waals surface area contributed by atoms with E-state index >= 15 is 0 Å². The van der Waals surface area contributed by atoms with E-state index in [4.69, 9.17) is 5.73 Å². The highest BCUT2D eigenvalue weighted by Crippen LogP contribution is 2.22. The summed E-state index contributed by atoms with van der Waals surface area (Å²) in [5, 5.41) is 3.58. The van der Waals surface area contributed by atoms with Crippen LogP contribution in [0.4, 0.5) is 5.69 Å². The van der Waals surface area contributed by atoms with Crippen LogP contribution in [0, 0.1) is 0 Å². The van der Waals surface area contributed by atoms with Crippen LogP contribution in [0.25, 0.3) is 11.0 Å². The van der Waals surface area contributed by atoms with E-state index in [-0.39, 0.29) is 0 Å². The lowest BCUT2D eigenvalue weighted by molar-refractivity contribution is 0.411. The van der Waals surface area contributed by atoms with Gasteiger partial charge in [-0.3, -0.25) is 0 Å². The fraction of sp³-hybridized carbons (Fsp3) is 0.462. The van der Waals surface area contributed by atoms with Crippen molar-refractivity contribution < 1.29 is 0 Å². The van der Waals surface area contributed by atoms with Crippen molar-refractivity contribution in [3.05, 3.63) is 24.5 Å². The van der Waals surface area contributed by atoms with Crippen LogP contribution in [0.2, 0.25) is 0 Å². The van der Waals surface area contributed by atoms with Gasteiger partial charge in [0, 0.05) is 17.8 Å². The molecule has 4 heteroatoms. The number of nitrogens with one attached hydrogen (secondary N) is 2. The van der Waals surface area contributed by atoms with Gasteiger partial charge in [-0.05, 0) is 43.9 Å². The zero-order chi connectivity index (χ0) is 11.7. The quantitative estimate of drug-likeness (QED) is 0.741. The minimum Gasteiger partial charge on any atom is -0.382 e. The van der Waals surface area contributed by atoms with Crippen LogP contribution in [0.3, 0.4) is 0 Å². The Kier molecular flexibility index (Phi) is 2.73. The maximum absolute atomic E-state index is 5.91. The highest BCUT2D eigenvalue weighted by molar-refractivity contribution is 5.78. The molecule has 0 unspecified atom stereocenters. The maximum Gasteiger partial charge on any atom is 0.0931 e. The fourth-order valence-electron chi connectivity index (χ4n) is 2.52. The summed E-state index contributed by atoms with van der Waals surface area (Å²) < 4.78 is 0. The first-order valence-electron chi connectivity index (χ1n) is 6.26. The summed E-state index contributed by atoms with van der Waals surface area (Å²) in [4.78, 5) is 7.35. The first-order valence-corrected chi connectivity index (χ1v) is 6.26. The van der Waals surface area contributed by atoms with Gasteiger partial charge in [-0.25, -0.2) is 4.98 Å². The van der Waals surface area contributed by atoms with Crippen LogP contribution in [0.15, 0.2) is 24.5 Å². The monoisotopic (exact) mass is 230 g/mol. The smallest absolute Gasteiger partial charge is 0.0931 e. The number of hydrogen-bond acceptors (Lipinski definition) is 3. The molecule has 0 aliphatic heterocycles. The molecule has 0 atom stereocenters. The molecular weight excluding hydrogens is 212 g/mol. The van der Waals surface area contributed by atoms with Gasteiger partial charge in [-0.15, -0.1) is 0 Å². The van der Waals surface area contributed by atoms with Crippen molar-refractivity contribution in [1.29, 1.82) is 0 Å². The van der Waals surface area contributed by atoms with E-state index in [1.165, 1.54) is 18.5 Å². The molecule has 0 spiro atoms. The standard InChI is InChI=1S/C13H18N4/c14-9-1-3-10(4-2-9)17-11-5-6-12-13(7-11)16-8-15-12/h5-10,17H,1-4,14H2,(H,15,16). The van der Waals surface area contributed by atoms with Crippen LogP contribution in [0.1, 0.15) is 25.7 Å². The minimum atomic E-state index is 0.406. The number of imidazole rings is 1. The molecule has 1 fully saturated rings. The molecule has 3 rings (SSSR count). The summed E-state index contributed by atoms with van der Waals surface area (Å²) in [6.07, 6.45) is 6.33. The van der Waals surface area contributed by atoms with E-state index in [0.29, 0.717) is 12.1 Å². The first kappa shape index (κ1) is 10.6. The van der Waals surface area contributed by atoms with E-state index < -0.39 is 0 Å². The predicted octanol–water partition coefficient (Wildman–Crippen LogP) is 2.24. The summed E-state index contributed by atoms with van der Waals surface area (Å²) >= 11 is 0. The number of nitrogens with zero attached hydrogens (tertiary/aromatic N) is 1. The molecule has 0 radical (unpaired) electrons. The lowest BCUT2D eigenvalue weighted by Gasteiger charge is -2.27. The lowest BCUT2D eigenvalue weighted by Crippen LogP contribution is -2.32. The van der Waals surface area contributed by atoms with E-state index in [1.54, 1.807) is 6.33 Å². The van der Waals surface area contributed by atoms with Crippen LogP contribution in [-0.4, -0.2) is 22.1 Å². The molecule has 17 heavy (non-hydrogen) atoms. The highest BCUT2D eigenvalue weighted by atomic mass is 14.9. The number of nitrogens with two attached hydrogens (primary N) is 1.